The van der Waals surface area contributed by atoms with Crippen molar-refractivity contribution in [3.8, 4) is 17.2 Å². The van der Waals surface area contributed by atoms with Crippen LogP contribution in [-0.4, -0.2) is 39.9 Å². The number of rotatable bonds is 8. The van der Waals surface area contributed by atoms with Crippen molar-refractivity contribution in [3.05, 3.63) is 59.7 Å². The summed E-state index contributed by atoms with van der Waals surface area (Å²) in [5.41, 5.74) is 3.11. The van der Waals surface area contributed by atoms with Gasteiger partial charge in [0.1, 0.15) is 5.75 Å². The van der Waals surface area contributed by atoms with Gasteiger partial charge in [0.25, 0.3) is 5.22 Å². The second kappa shape index (κ2) is 8.69. The molecule has 2 aromatic carbocycles. The summed E-state index contributed by atoms with van der Waals surface area (Å²) in [6.07, 6.45) is 2.12. The highest BCUT2D eigenvalue weighted by Gasteiger charge is 2.32. The van der Waals surface area contributed by atoms with Gasteiger partial charge in [-0.2, -0.15) is 0 Å². The van der Waals surface area contributed by atoms with E-state index in [-0.39, 0.29) is 11.7 Å². The average molecular weight is 410 g/mol. The Labute approximate surface area is 174 Å². The van der Waals surface area contributed by atoms with Crippen LogP contribution in [-0.2, 0) is 11.3 Å². The molecule has 0 atom stereocenters. The molecule has 0 unspecified atom stereocenters. The molecule has 0 spiro atoms. The first-order valence-corrected chi connectivity index (χ1v) is 10.6. The lowest BCUT2D eigenvalue weighted by Crippen LogP contribution is -2.33. The van der Waals surface area contributed by atoms with E-state index in [1.807, 2.05) is 60.4 Å². The monoisotopic (exact) mass is 409 g/mol. The number of carbonyl (C=O) groups is 1. The molecule has 0 N–H and O–H groups in total. The van der Waals surface area contributed by atoms with Crippen molar-refractivity contribution in [2.24, 2.45) is 0 Å². The van der Waals surface area contributed by atoms with E-state index in [0.717, 1.165) is 35.3 Å². The number of hydrogen-bond acceptors (Lipinski definition) is 6. The molecular formula is C22H23N3O3S. The lowest BCUT2D eigenvalue weighted by molar-refractivity contribution is -0.129. The molecule has 1 aliphatic rings. The van der Waals surface area contributed by atoms with Gasteiger partial charge in [0.15, 0.2) is 0 Å². The minimum atomic E-state index is 0.0867. The zero-order chi connectivity index (χ0) is 20.2. The van der Waals surface area contributed by atoms with Crippen LogP contribution in [0, 0.1) is 6.92 Å². The Hall–Kier alpha value is -2.80. The molecule has 7 heteroatoms. The third-order valence-electron chi connectivity index (χ3n) is 4.81. The van der Waals surface area contributed by atoms with Crippen molar-refractivity contribution in [1.82, 2.24) is 15.1 Å². The van der Waals surface area contributed by atoms with Gasteiger partial charge in [0.2, 0.25) is 11.8 Å². The average Bonchev–Trinajstić information content (AvgIpc) is 3.47. The minimum Gasteiger partial charge on any atom is -0.497 e. The standard InChI is InChI=1S/C22H23N3O3S/c1-15-4-3-5-17(12-15)21-23-24-22(28-21)29-14-20(26)25(18-8-9-18)13-16-6-10-19(27-2)11-7-16/h3-7,10-12,18H,8-9,13-14H2,1-2H3. The van der Waals surface area contributed by atoms with Gasteiger partial charge in [-0.3, -0.25) is 4.79 Å². The number of aryl methyl sites for hydroxylation is 1. The largest absolute Gasteiger partial charge is 0.497 e. The van der Waals surface area contributed by atoms with Gasteiger partial charge in [-0.05, 0) is 49.6 Å². The van der Waals surface area contributed by atoms with Crippen LogP contribution in [0.5, 0.6) is 5.75 Å². The Balaban J connectivity index is 1.37. The van der Waals surface area contributed by atoms with Gasteiger partial charge in [-0.1, -0.05) is 41.6 Å². The number of amides is 1. The topological polar surface area (TPSA) is 68.5 Å². The van der Waals surface area contributed by atoms with Crippen molar-refractivity contribution in [2.75, 3.05) is 12.9 Å². The molecule has 1 amide bonds. The third kappa shape index (κ3) is 4.98. The Morgan fingerprint density at radius 2 is 2.00 bits per heavy atom. The maximum atomic E-state index is 12.8. The van der Waals surface area contributed by atoms with E-state index in [4.69, 9.17) is 9.15 Å². The lowest BCUT2D eigenvalue weighted by Gasteiger charge is -2.22. The molecule has 1 aliphatic carbocycles. The highest BCUT2D eigenvalue weighted by molar-refractivity contribution is 7.99. The van der Waals surface area contributed by atoms with Crippen molar-refractivity contribution in [2.45, 2.75) is 37.6 Å². The summed E-state index contributed by atoms with van der Waals surface area (Å²) in [4.78, 5) is 14.8. The predicted molar refractivity (Wildman–Crippen MR) is 112 cm³/mol. The Bertz CT molecular complexity index is 983. The Morgan fingerprint density at radius 1 is 1.21 bits per heavy atom. The summed E-state index contributed by atoms with van der Waals surface area (Å²) in [7, 11) is 1.65. The molecule has 150 valence electrons. The summed E-state index contributed by atoms with van der Waals surface area (Å²) >= 11 is 1.29. The van der Waals surface area contributed by atoms with E-state index < -0.39 is 0 Å². The lowest BCUT2D eigenvalue weighted by atomic mass is 10.1. The number of carbonyl (C=O) groups excluding carboxylic acids is 1. The first-order valence-electron chi connectivity index (χ1n) is 9.58. The first kappa shape index (κ1) is 19.5. The van der Waals surface area contributed by atoms with E-state index in [0.29, 0.717) is 23.7 Å². The Kier molecular flexibility index (Phi) is 5.85. The van der Waals surface area contributed by atoms with E-state index in [2.05, 4.69) is 10.2 Å². The number of hydrogen-bond donors (Lipinski definition) is 0. The third-order valence-corrected chi connectivity index (χ3v) is 5.61. The van der Waals surface area contributed by atoms with Gasteiger partial charge >= 0.3 is 0 Å². The van der Waals surface area contributed by atoms with Crippen LogP contribution >= 0.6 is 11.8 Å². The van der Waals surface area contributed by atoms with Crippen LogP contribution in [0.4, 0.5) is 0 Å². The number of aromatic nitrogens is 2. The molecule has 0 bridgehead atoms. The quantitative estimate of drug-likeness (QED) is 0.516. The molecule has 3 aromatic rings. The molecule has 1 fully saturated rings. The second-order valence-corrected chi connectivity index (χ2v) is 8.06. The van der Waals surface area contributed by atoms with E-state index in [1.165, 1.54) is 11.8 Å². The number of ether oxygens (including phenoxy) is 1. The summed E-state index contributed by atoms with van der Waals surface area (Å²) in [5.74, 6) is 1.65. The Morgan fingerprint density at radius 3 is 2.69 bits per heavy atom. The number of nitrogens with zero attached hydrogens (tertiary/aromatic N) is 3. The molecule has 0 radical (unpaired) electrons. The fraction of sp³-hybridized carbons (Fsp3) is 0.318. The van der Waals surface area contributed by atoms with Crippen molar-refractivity contribution < 1.29 is 13.9 Å². The van der Waals surface area contributed by atoms with Crippen molar-refractivity contribution in [1.29, 1.82) is 0 Å². The number of methoxy groups -OCH3 is 1. The van der Waals surface area contributed by atoms with Gasteiger partial charge in [-0.15, -0.1) is 10.2 Å². The molecule has 0 aliphatic heterocycles. The molecule has 0 saturated heterocycles. The SMILES string of the molecule is COc1ccc(CN(C(=O)CSc2nnc(-c3cccc(C)c3)o2)C2CC2)cc1. The fourth-order valence-electron chi connectivity index (χ4n) is 3.10. The van der Waals surface area contributed by atoms with Crippen molar-refractivity contribution >= 4 is 17.7 Å². The summed E-state index contributed by atoms with van der Waals surface area (Å²) in [6.45, 7) is 2.62. The van der Waals surface area contributed by atoms with Gasteiger partial charge < -0.3 is 14.1 Å². The van der Waals surface area contributed by atoms with E-state index in [9.17, 15) is 4.79 Å². The number of thioether (sulfide) groups is 1. The maximum Gasteiger partial charge on any atom is 0.277 e. The zero-order valence-electron chi connectivity index (χ0n) is 16.5. The van der Waals surface area contributed by atoms with Crippen molar-refractivity contribution in [3.63, 3.8) is 0 Å². The number of benzene rings is 2. The normalized spacial score (nSPS) is 13.3. The van der Waals surface area contributed by atoms with E-state index in [1.54, 1.807) is 7.11 Å². The molecule has 1 saturated carbocycles. The van der Waals surface area contributed by atoms with Gasteiger partial charge in [0.05, 0.1) is 12.9 Å². The zero-order valence-corrected chi connectivity index (χ0v) is 17.3. The molecule has 29 heavy (non-hydrogen) atoms. The summed E-state index contributed by atoms with van der Waals surface area (Å²) in [5, 5.41) is 8.60. The fourth-order valence-corrected chi connectivity index (χ4v) is 3.75. The first-order chi connectivity index (χ1) is 14.1. The summed E-state index contributed by atoms with van der Waals surface area (Å²) in [6, 6.07) is 16.1. The van der Waals surface area contributed by atoms with Crippen LogP contribution < -0.4 is 4.74 Å². The highest BCUT2D eigenvalue weighted by Crippen LogP contribution is 2.30. The predicted octanol–water partition coefficient (Wildman–Crippen LogP) is 4.34. The van der Waals surface area contributed by atoms with Crippen LogP contribution in [0.15, 0.2) is 58.2 Å². The minimum absolute atomic E-state index is 0.0867. The molecule has 6 nitrogen and oxygen atoms in total. The van der Waals surface area contributed by atoms with Crippen LogP contribution in [0.3, 0.4) is 0 Å². The molecular weight excluding hydrogens is 386 g/mol. The van der Waals surface area contributed by atoms with E-state index >= 15 is 0 Å². The second-order valence-electron chi connectivity index (χ2n) is 7.13. The van der Waals surface area contributed by atoms with Crippen LogP contribution in [0.25, 0.3) is 11.5 Å². The molecule has 4 rings (SSSR count). The molecule has 1 aromatic heterocycles. The summed E-state index contributed by atoms with van der Waals surface area (Å²) < 4.78 is 10.9. The smallest absolute Gasteiger partial charge is 0.277 e. The maximum absolute atomic E-state index is 12.8. The van der Waals surface area contributed by atoms with Crippen LogP contribution in [0.1, 0.15) is 24.0 Å². The van der Waals surface area contributed by atoms with Crippen LogP contribution in [0.2, 0.25) is 0 Å². The van der Waals surface area contributed by atoms with Gasteiger partial charge in [0, 0.05) is 18.2 Å². The highest BCUT2D eigenvalue weighted by atomic mass is 32.2. The molecule has 1 heterocycles. The van der Waals surface area contributed by atoms with Gasteiger partial charge in [-0.25, -0.2) is 0 Å².